The molecule has 0 aliphatic carbocycles. The van der Waals surface area contributed by atoms with Crippen LogP contribution in [0.25, 0.3) is 0 Å². The van der Waals surface area contributed by atoms with Crippen molar-refractivity contribution in [2.75, 3.05) is 0 Å². The first-order valence-electron chi connectivity index (χ1n) is 8.57. The molecule has 25 heavy (non-hydrogen) atoms. The zero-order valence-electron chi connectivity index (χ0n) is 14.7. The Bertz CT molecular complexity index is 758. The predicted octanol–water partition coefficient (Wildman–Crippen LogP) is 3.60. The summed E-state index contributed by atoms with van der Waals surface area (Å²) in [5, 5.41) is 7.89. The van der Waals surface area contributed by atoms with Gasteiger partial charge in [-0.3, -0.25) is 9.67 Å². The molecule has 2 aromatic heterocycles. The lowest BCUT2D eigenvalue weighted by Gasteiger charge is -2.22. The third-order valence-corrected chi connectivity index (χ3v) is 4.35. The lowest BCUT2D eigenvalue weighted by atomic mass is 10.1. The Morgan fingerprint density at radius 2 is 1.88 bits per heavy atom. The van der Waals surface area contributed by atoms with Crippen LogP contribution in [0.2, 0.25) is 0 Å². The van der Waals surface area contributed by atoms with Crippen LogP contribution >= 0.6 is 0 Å². The number of aromatic nitrogens is 3. The largest absolute Gasteiger partial charge is 0.487 e. The zero-order valence-corrected chi connectivity index (χ0v) is 14.7. The molecular weight excluding hydrogens is 312 g/mol. The van der Waals surface area contributed by atoms with Crippen LogP contribution in [0.4, 0.5) is 0 Å². The molecule has 3 rings (SSSR count). The number of nitrogens with zero attached hydrogens (tertiary/aromatic N) is 3. The maximum Gasteiger partial charge on any atom is 0.130 e. The highest BCUT2D eigenvalue weighted by Gasteiger charge is 2.14. The molecule has 5 nitrogen and oxygen atoms in total. The van der Waals surface area contributed by atoms with Crippen LogP contribution in [0.3, 0.4) is 0 Å². The van der Waals surface area contributed by atoms with E-state index in [1.54, 1.807) is 6.20 Å². The van der Waals surface area contributed by atoms with Gasteiger partial charge in [-0.1, -0.05) is 24.3 Å². The van der Waals surface area contributed by atoms with Crippen molar-refractivity contribution in [2.45, 2.75) is 39.1 Å². The Hall–Kier alpha value is -2.66. The zero-order chi connectivity index (χ0) is 17.5. The fraction of sp³-hybridized carbons (Fsp3) is 0.300. The van der Waals surface area contributed by atoms with E-state index >= 15 is 0 Å². The van der Waals surface area contributed by atoms with Gasteiger partial charge in [0.15, 0.2) is 0 Å². The van der Waals surface area contributed by atoms with Crippen LogP contribution in [0.5, 0.6) is 5.75 Å². The number of pyridine rings is 1. The van der Waals surface area contributed by atoms with Gasteiger partial charge in [-0.15, -0.1) is 0 Å². The Balaban J connectivity index is 1.59. The Morgan fingerprint density at radius 3 is 2.64 bits per heavy atom. The molecule has 0 amide bonds. The van der Waals surface area contributed by atoms with E-state index in [1.807, 2.05) is 59.5 Å². The van der Waals surface area contributed by atoms with Crippen LogP contribution in [-0.4, -0.2) is 20.8 Å². The molecule has 0 saturated heterocycles. The van der Waals surface area contributed by atoms with Crippen molar-refractivity contribution in [1.29, 1.82) is 0 Å². The van der Waals surface area contributed by atoms with Gasteiger partial charge in [-0.25, -0.2) is 0 Å². The topological polar surface area (TPSA) is 52.0 Å². The van der Waals surface area contributed by atoms with Crippen LogP contribution in [0.15, 0.2) is 67.1 Å². The average Bonchev–Trinajstić information content (AvgIpc) is 3.20. The highest BCUT2D eigenvalue weighted by atomic mass is 16.5. The summed E-state index contributed by atoms with van der Waals surface area (Å²) in [5.41, 5.74) is 2.06. The summed E-state index contributed by atoms with van der Waals surface area (Å²) >= 11 is 0. The molecule has 0 bridgehead atoms. The summed E-state index contributed by atoms with van der Waals surface area (Å²) in [4.78, 5) is 4.30. The first kappa shape index (κ1) is 17.2. The highest BCUT2D eigenvalue weighted by molar-refractivity contribution is 5.33. The summed E-state index contributed by atoms with van der Waals surface area (Å²) < 4.78 is 7.94. The second-order valence-electron chi connectivity index (χ2n) is 6.11. The molecule has 3 aromatic rings. The van der Waals surface area contributed by atoms with Gasteiger partial charge in [0.2, 0.25) is 0 Å². The molecule has 1 aromatic carbocycles. The molecule has 0 fully saturated rings. The maximum absolute atomic E-state index is 5.97. The monoisotopic (exact) mass is 336 g/mol. The van der Waals surface area contributed by atoms with E-state index < -0.39 is 0 Å². The van der Waals surface area contributed by atoms with Gasteiger partial charge in [-0.05, 0) is 38.1 Å². The normalized spacial score (nSPS) is 13.4. The fourth-order valence-corrected chi connectivity index (χ4v) is 2.62. The van der Waals surface area contributed by atoms with E-state index in [4.69, 9.17) is 4.74 Å². The standard InChI is InChI=1S/C20H24N4O/c1-16(17(2)24-13-7-12-23-24)22-14-18-8-3-4-10-20(18)25-15-19-9-5-6-11-21-19/h3-13,16-17,22H,14-15H2,1-2H3/t16-,17-/m1/s1. The highest BCUT2D eigenvalue weighted by Crippen LogP contribution is 2.20. The average molecular weight is 336 g/mol. The lowest BCUT2D eigenvalue weighted by molar-refractivity contribution is 0.295. The van der Waals surface area contributed by atoms with E-state index in [2.05, 4.69) is 35.3 Å². The SMILES string of the molecule is C[C@H]([C@@H](C)NCc1ccccc1OCc1ccccn1)n1cccn1. The van der Waals surface area contributed by atoms with Crippen LogP contribution in [-0.2, 0) is 13.2 Å². The Labute approximate surface area is 148 Å². The molecule has 0 radical (unpaired) electrons. The second-order valence-corrected chi connectivity index (χ2v) is 6.11. The molecule has 0 spiro atoms. The summed E-state index contributed by atoms with van der Waals surface area (Å²) in [7, 11) is 0. The number of rotatable bonds is 8. The minimum Gasteiger partial charge on any atom is -0.487 e. The molecule has 0 unspecified atom stereocenters. The van der Waals surface area contributed by atoms with Gasteiger partial charge in [0, 0.05) is 36.7 Å². The van der Waals surface area contributed by atoms with Gasteiger partial charge in [-0.2, -0.15) is 5.10 Å². The van der Waals surface area contributed by atoms with Gasteiger partial charge in [0.05, 0.1) is 11.7 Å². The third kappa shape index (κ3) is 4.67. The lowest BCUT2D eigenvalue weighted by Crippen LogP contribution is -2.33. The van der Waals surface area contributed by atoms with Gasteiger partial charge in [0.1, 0.15) is 12.4 Å². The number of para-hydroxylation sites is 1. The Kier molecular flexibility index (Phi) is 5.80. The Morgan fingerprint density at radius 1 is 1.04 bits per heavy atom. The quantitative estimate of drug-likeness (QED) is 0.683. The van der Waals surface area contributed by atoms with Crippen molar-refractivity contribution in [3.8, 4) is 5.75 Å². The molecule has 0 aliphatic heterocycles. The molecule has 2 heterocycles. The number of ether oxygens (including phenoxy) is 1. The predicted molar refractivity (Wildman–Crippen MR) is 98.3 cm³/mol. The molecular formula is C20H24N4O. The maximum atomic E-state index is 5.97. The first-order chi connectivity index (χ1) is 12.2. The van der Waals surface area contributed by atoms with Crippen molar-refractivity contribution < 1.29 is 4.74 Å². The van der Waals surface area contributed by atoms with E-state index in [0.29, 0.717) is 6.61 Å². The molecule has 5 heteroatoms. The van der Waals surface area contributed by atoms with Crippen molar-refractivity contribution in [3.05, 3.63) is 78.4 Å². The summed E-state index contributed by atoms with van der Waals surface area (Å²) in [6, 6.07) is 16.5. The van der Waals surface area contributed by atoms with Crippen LogP contribution < -0.4 is 10.1 Å². The van der Waals surface area contributed by atoms with Crippen LogP contribution in [0, 0.1) is 0 Å². The molecule has 130 valence electrons. The van der Waals surface area contributed by atoms with Gasteiger partial charge < -0.3 is 10.1 Å². The van der Waals surface area contributed by atoms with E-state index in [9.17, 15) is 0 Å². The van der Waals surface area contributed by atoms with Crippen molar-refractivity contribution in [3.63, 3.8) is 0 Å². The second kappa shape index (κ2) is 8.44. The fourth-order valence-electron chi connectivity index (χ4n) is 2.62. The van der Waals surface area contributed by atoms with Gasteiger partial charge >= 0.3 is 0 Å². The summed E-state index contributed by atoms with van der Waals surface area (Å²) in [6.45, 7) is 5.54. The minimum atomic E-state index is 0.275. The molecule has 2 atom stereocenters. The van der Waals surface area contributed by atoms with Crippen molar-refractivity contribution in [2.24, 2.45) is 0 Å². The number of hydrogen-bond donors (Lipinski definition) is 1. The molecule has 1 N–H and O–H groups in total. The number of benzene rings is 1. The van der Waals surface area contributed by atoms with E-state index in [-0.39, 0.29) is 12.1 Å². The van der Waals surface area contributed by atoms with E-state index in [0.717, 1.165) is 23.6 Å². The summed E-state index contributed by atoms with van der Waals surface area (Å²) in [6.07, 6.45) is 5.58. The first-order valence-corrected chi connectivity index (χ1v) is 8.57. The third-order valence-electron chi connectivity index (χ3n) is 4.35. The molecule has 0 aliphatic rings. The number of hydrogen-bond acceptors (Lipinski definition) is 4. The van der Waals surface area contributed by atoms with Gasteiger partial charge in [0.25, 0.3) is 0 Å². The summed E-state index contributed by atoms with van der Waals surface area (Å²) in [5.74, 6) is 0.889. The minimum absolute atomic E-state index is 0.275. The van der Waals surface area contributed by atoms with Crippen molar-refractivity contribution in [1.82, 2.24) is 20.1 Å². The van der Waals surface area contributed by atoms with Crippen LogP contribution in [0.1, 0.15) is 31.1 Å². The molecule has 0 saturated carbocycles. The smallest absolute Gasteiger partial charge is 0.130 e. The van der Waals surface area contributed by atoms with Crippen molar-refractivity contribution >= 4 is 0 Å². The number of nitrogens with one attached hydrogen (secondary N) is 1. The van der Waals surface area contributed by atoms with E-state index in [1.165, 1.54) is 0 Å².